The largest absolute Gasteiger partial charge is 0.339 e. The van der Waals surface area contributed by atoms with E-state index < -0.39 is 0 Å². The van der Waals surface area contributed by atoms with Crippen LogP contribution in [0.25, 0.3) is 11.4 Å². The van der Waals surface area contributed by atoms with Crippen molar-refractivity contribution < 1.29 is 9.05 Å². The first-order valence-corrected chi connectivity index (χ1v) is 6.88. The maximum Gasteiger partial charge on any atom is 0.227 e. The Morgan fingerprint density at radius 2 is 1.80 bits per heavy atom. The van der Waals surface area contributed by atoms with Gasteiger partial charge in [0.15, 0.2) is 5.82 Å². The maximum atomic E-state index is 5.22. The van der Waals surface area contributed by atoms with Crippen LogP contribution in [-0.4, -0.2) is 20.3 Å². The zero-order valence-corrected chi connectivity index (χ0v) is 12.3. The van der Waals surface area contributed by atoms with Crippen LogP contribution in [0.4, 0.5) is 0 Å². The van der Waals surface area contributed by atoms with Gasteiger partial charge in [0.25, 0.3) is 0 Å². The van der Waals surface area contributed by atoms with Gasteiger partial charge in [-0.2, -0.15) is 9.97 Å². The van der Waals surface area contributed by atoms with Crippen molar-refractivity contribution in [3.05, 3.63) is 46.3 Å². The summed E-state index contributed by atoms with van der Waals surface area (Å²) in [7, 11) is 0. The summed E-state index contributed by atoms with van der Waals surface area (Å²) in [6, 6.07) is 7.75. The highest BCUT2D eigenvalue weighted by Crippen LogP contribution is 2.20. The van der Waals surface area contributed by atoms with Crippen molar-refractivity contribution in [3.63, 3.8) is 0 Å². The molecule has 0 atom stereocenters. The Morgan fingerprint density at radius 3 is 2.50 bits per heavy atom. The molecule has 0 aliphatic heterocycles. The summed E-state index contributed by atoms with van der Waals surface area (Å²) in [4.78, 5) is 8.48. The molecule has 2 aromatic heterocycles. The Balaban J connectivity index is 1.70. The smallest absolute Gasteiger partial charge is 0.227 e. The van der Waals surface area contributed by atoms with E-state index in [1.807, 2.05) is 24.3 Å². The molecule has 0 saturated carbocycles. The molecular formula is C13H11BrN4O2. The molecule has 20 heavy (non-hydrogen) atoms. The normalized spacial score (nSPS) is 10.9. The first-order chi connectivity index (χ1) is 9.70. The molecule has 0 spiro atoms. The average Bonchev–Trinajstić information content (AvgIpc) is 3.05. The molecule has 2 heterocycles. The van der Waals surface area contributed by atoms with Crippen molar-refractivity contribution in [2.75, 3.05) is 0 Å². The number of hydrogen-bond acceptors (Lipinski definition) is 6. The van der Waals surface area contributed by atoms with Gasteiger partial charge in [-0.05, 0) is 19.1 Å². The summed E-state index contributed by atoms with van der Waals surface area (Å²) in [5.74, 6) is 2.32. The number of halogens is 1. The third-order valence-electron chi connectivity index (χ3n) is 2.67. The minimum absolute atomic E-state index is 0.552. The quantitative estimate of drug-likeness (QED) is 0.729. The maximum absolute atomic E-state index is 5.22. The zero-order valence-electron chi connectivity index (χ0n) is 10.7. The van der Waals surface area contributed by atoms with E-state index in [9.17, 15) is 0 Å². The highest BCUT2D eigenvalue weighted by molar-refractivity contribution is 9.10. The van der Waals surface area contributed by atoms with Gasteiger partial charge in [-0.25, -0.2) is 0 Å². The molecule has 0 fully saturated rings. The Labute approximate surface area is 123 Å². The van der Waals surface area contributed by atoms with E-state index >= 15 is 0 Å². The van der Waals surface area contributed by atoms with Crippen LogP contribution in [-0.2, 0) is 12.8 Å². The Hall–Kier alpha value is -2.02. The Morgan fingerprint density at radius 1 is 1.05 bits per heavy atom. The van der Waals surface area contributed by atoms with Gasteiger partial charge < -0.3 is 9.05 Å². The zero-order chi connectivity index (χ0) is 13.9. The van der Waals surface area contributed by atoms with Gasteiger partial charge in [-0.1, -0.05) is 38.4 Å². The fraction of sp³-hybridized carbons (Fsp3) is 0.231. The molecule has 0 N–H and O–H groups in total. The number of hydrogen-bond donors (Lipinski definition) is 0. The van der Waals surface area contributed by atoms with E-state index in [-0.39, 0.29) is 0 Å². The fourth-order valence-electron chi connectivity index (χ4n) is 1.76. The number of rotatable bonds is 4. The standard InChI is InChI=1S/C13H11BrN4O2/c1-8-15-11(19-17-8)5-6-12-16-13(18-20-12)9-3-2-4-10(14)7-9/h2-4,7H,5-6H2,1H3. The lowest BCUT2D eigenvalue weighted by Crippen LogP contribution is -1.92. The molecule has 0 saturated heterocycles. The number of aromatic nitrogens is 4. The highest BCUT2D eigenvalue weighted by Gasteiger charge is 2.11. The fourth-order valence-corrected chi connectivity index (χ4v) is 2.16. The first kappa shape index (κ1) is 13.0. The summed E-state index contributed by atoms with van der Waals surface area (Å²) >= 11 is 3.42. The monoisotopic (exact) mass is 334 g/mol. The van der Waals surface area contributed by atoms with Crippen LogP contribution in [0, 0.1) is 6.92 Å². The summed E-state index contributed by atoms with van der Waals surface area (Å²) in [5.41, 5.74) is 0.906. The third kappa shape index (κ3) is 2.93. The van der Waals surface area contributed by atoms with Crippen molar-refractivity contribution in [1.29, 1.82) is 0 Å². The molecule has 0 bridgehead atoms. The second-order valence-corrected chi connectivity index (χ2v) is 5.17. The van der Waals surface area contributed by atoms with Crippen LogP contribution in [0.15, 0.2) is 37.8 Å². The third-order valence-corrected chi connectivity index (χ3v) is 3.17. The van der Waals surface area contributed by atoms with Crippen molar-refractivity contribution in [2.45, 2.75) is 19.8 Å². The van der Waals surface area contributed by atoms with Crippen LogP contribution < -0.4 is 0 Å². The molecule has 0 amide bonds. The number of benzene rings is 1. The second kappa shape index (κ2) is 5.54. The minimum atomic E-state index is 0.552. The van der Waals surface area contributed by atoms with Crippen LogP contribution in [0.1, 0.15) is 17.6 Å². The molecule has 0 radical (unpaired) electrons. The van der Waals surface area contributed by atoms with E-state index in [0.717, 1.165) is 10.0 Å². The van der Waals surface area contributed by atoms with E-state index in [0.29, 0.717) is 36.3 Å². The predicted octanol–water partition coefficient (Wildman–Crippen LogP) is 2.98. The molecule has 0 unspecified atom stereocenters. The SMILES string of the molecule is Cc1noc(CCc2nc(-c3cccc(Br)c3)no2)n1. The Bertz CT molecular complexity index is 722. The molecule has 7 heteroatoms. The summed E-state index contributed by atoms with van der Waals surface area (Å²) in [5, 5.41) is 7.70. The van der Waals surface area contributed by atoms with Crippen LogP contribution in [0.5, 0.6) is 0 Å². The second-order valence-electron chi connectivity index (χ2n) is 4.26. The lowest BCUT2D eigenvalue weighted by molar-refractivity contribution is 0.352. The van der Waals surface area contributed by atoms with E-state index in [1.54, 1.807) is 6.92 Å². The van der Waals surface area contributed by atoms with Crippen molar-refractivity contribution in [1.82, 2.24) is 20.3 Å². The predicted molar refractivity (Wildman–Crippen MR) is 73.9 cm³/mol. The van der Waals surface area contributed by atoms with Gasteiger partial charge in [-0.3, -0.25) is 0 Å². The first-order valence-electron chi connectivity index (χ1n) is 6.08. The molecule has 0 aliphatic rings. The van der Waals surface area contributed by atoms with Gasteiger partial charge in [0, 0.05) is 22.9 Å². The van der Waals surface area contributed by atoms with Gasteiger partial charge in [0.05, 0.1) is 0 Å². The summed E-state index contributed by atoms with van der Waals surface area (Å²) in [6.07, 6.45) is 1.16. The average molecular weight is 335 g/mol. The van der Waals surface area contributed by atoms with Crippen molar-refractivity contribution in [3.8, 4) is 11.4 Å². The molecule has 3 rings (SSSR count). The van der Waals surface area contributed by atoms with Crippen LogP contribution in [0.2, 0.25) is 0 Å². The molecule has 3 aromatic rings. The lowest BCUT2D eigenvalue weighted by atomic mass is 10.2. The number of aryl methyl sites for hydroxylation is 3. The lowest BCUT2D eigenvalue weighted by Gasteiger charge is -1.94. The summed E-state index contributed by atoms with van der Waals surface area (Å²) in [6.45, 7) is 1.78. The summed E-state index contributed by atoms with van der Waals surface area (Å²) < 4.78 is 11.2. The molecule has 102 valence electrons. The molecular weight excluding hydrogens is 324 g/mol. The van der Waals surface area contributed by atoms with Crippen molar-refractivity contribution in [2.24, 2.45) is 0 Å². The van der Waals surface area contributed by atoms with E-state index in [1.165, 1.54) is 0 Å². The van der Waals surface area contributed by atoms with Crippen LogP contribution >= 0.6 is 15.9 Å². The topological polar surface area (TPSA) is 77.8 Å². The van der Waals surface area contributed by atoms with E-state index in [2.05, 4.69) is 36.2 Å². The van der Waals surface area contributed by atoms with E-state index in [4.69, 9.17) is 9.05 Å². The highest BCUT2D eigenvalue weighted by atomic mass is 79.9. The molecule has 6 nitrogen and oxygen atoms in total. The van der Waals surface area contributed by atoms with Gasteiger partial charge >= 0.3 is 0 Å². The van der Waals surface area contributed by atoms with Gasteiger partial charge in [-0.15, -0.1) is 0 Å². The van der Waals surface area contributed by atoms with Crippen LogP contribution in [0.3, 0.4) is 0 Å². The minimum Gasteiger partial charge on any atom is -0.339 e. The molecule has 1 aromatic carbocycles. The Kier molecular flexibility index (Phi) is 3.60. The number of nitrogens with zero attached hydrogens (tertiary/aromatic N) is 4. The van der Waals surface area contributed by atoms with Gasteiger partial charge in [0.2, 0.25) is 17.6 Å². The molecule has 0 aliphatic carbocycles. The van der Waals surface area contributed by atoms with Gasteiger partial charge in [0.1, 0.15) is 0 Å². The van der Waals surface area contributed by atoms with Crippen molar-refractivity contribution >= 4 is 15.9 Å².